The van der Waals surface area contributed by atoms with Crippen LogP contribution in [0.2, 0.25) is 0 Å². The van der Waals surface area contributed by atoms with E-state index in [2.05, 4.69) is 79.2 Å². The molecule has 0 aliphatic carbocycles. The third kappa shape index (κ3) is 5.08. The Bertz CT molecular complexity index is 518. The van der Waals surface area contributed by atoms with E-state index in [9.17, 15) is 0 Å². The summed E-state index contributed by atoms with van der Waals surface area (Å²) in [6.45, 7) is 6.58. The molecule has 0 unspecified atom stereocenters. The topological polar surface area (TPSA) is 0 Å². The van der Waals surface area contributed by atoms with Crippen LogP contribution >= 0.6 is 0 Å². The van der Waals surface area contributed by atoms with Crippen LogP contribution in [-0.2, 0) is 0 Å². The molecule has 0 aliphatic heterocycles. The standard InChI is InChI=1S/2C7H7.C6H11.Bi/c2*1-7-5-3-2-4-6-7;1-3-5-6-4-2;/h2*3-6H,1H3;1,3H,4-6H2,2H3;. The van der Waals surface area contributed by atoms with Crippen LogP contribution in [0, 0.1) is 13.8 Å². The molecule has 0 heterocycles. The average Bonchev–Trinajstić information content (AvgIpc) is 2.50. The van der Waals surface area contributed by atoms with Crippen molar-refractivity contribution in [3.8, 4) is 0 Å². The van der Waals surface area contributed by atoms with E-state index in [0.29, 0.717) is 0 Å². The number of allylic oxidation sites excluding steroid dienone is 1. The number of rotatable bonds is 6. The summed E-state index contributed by atoms with van der Waals surface area (Å²) in [5.74, 6) is 0. The summed E-state index contributed by atoms with van der Waals surface area (Å²) in [4.78, 5) is 0. The molecule has 2 aromatic rings. The summed E-state index contributed by atoms with van der Waals surface area (Å²) in [5, 5.41) is 0. The quantitative estimate of drug-likeness (QED) is 0.435. The van der Waals surface area contributed by atoms with Crippen molar-refractivity contribution in [1.82, 2.24) is 0 Å². The zero-order valence-electron chi connectivity index (χ0n) is 13.3. The van der Waals surface area contributed by atoms with Gasteiger partial charge in [0.15, 0.2) is 0 Å². The summed E-state index contributed by atoms with van der Waals surface area (Å²) < 4.78 is 5.72. The van der Waals surface area contributed by atoms with Gasteiger partial charge in [-0.2, -0.15) is 0 Å². The van der Waals surface area contributed by atoms with Gasteiger partial charge in [-0.3, -0.25) is 0 Å². The summed E-state index contributed by atoms with van der Waals surface area (Å²) in [6.07, 6.45) is 6.23. The van der Waals surface area contributed by atoms with Crippen LogP contribution < -0.4 is 6.54 Å². The molecule has 0 radical (unpaired) electrons. The van der Waals surface area contributed by atoms with Gasteiger partial charge in [-0.05, 0) is 0 Å². The van der Waals surface area contributed by atoms with Crippen molar-refractivity contribution in [1.29, 1.82) is 0 Å². The van der Waals surface area contributed by atoms with Gasteiger partial charge in [0.25, 0.3) is 0 Å². The van der Waals surface area contributed by atoms with Crippen LogP contribution in [0.5, 0.6) is 0 Å². The summed E-state index contributed by atoms with van der Waals surface area (Å²) in [7, 11) is 0. The van der Waals surface area contributed by atoms with Crippen LogP contribution in [0.4, 0.5) is 0 Å². The van der Waals surface area contributed by atoms with E-state index in [-0.39, 0.29) is 0 Å². The molecule has 0 saturated carbocycles. The molecule has 1 heteroatoms. The molecule has 0 aromatic heterocycles. The molecule has 0 amide bonds. The predicted octanol–water partition coefficient (Wildman–Crippen LogP) is 4.20. The Morgan fingerprint density at radius 3 is 1.71 bits per heavy atom. The fraction of sp³-hybridized carbons (Fsp3) is 0.300. The Balaban J connectivity index is 2.27. The summed E-state index contributed by atoms with van der Waals surface area (Å²) in [6, 6.07) is 18.4. The molecule has 0 N–H and O–H groups in total. The predicted molar refractivity (Wildman–Crippen MR) is 96.0 cm³/mol. The number of benzene rings is 2. The first kappa shape index (κ1) is 16.4. The monoisotopic (exact) mass is 474 g/mol. The van der Waals surface area contributed by atoms with Crippen LogP contribution in [0.1, 0.15) is 37.3 Å². The Morgan fingerprint density at radius 2 is 1.29 bits per heavy atom. The zero-order valence-corrected chi connectivity index (χ0v) is 16.8. The Morgan fingerprint density at radius 1 is 0.810 bits per heavy atom. The van der Waals surface area contributed by atoms with Gasteiger partial charge in [0.2, 0.25) is 0 Å². The van der Waals surface area contributed by atoms with Crippen LogP contribution in [0.25, 0.3) is 0 Å². The van der Waals surface area contributed by atoms with Gasteiger partial charge in [-0.25, -0.2) is 0 Å². The van der Waals surface area contributed by atoms with Crippen molar-refractivity contribution in [3.05, 3.63) is 69.5 Å². The van der Waals surface area contributed by atoms with Crippen LogP contribution in [-0.4, -0.2) is 21.8 Å². The van der Waals surface area contributed by atoms with Crippen molar-refractivity contribution in [2.45, 2.75) is 40.0 Å². The molecule has 110 valence electrons. The number of hydrogen-bond donors (Lipinski definition) is 0. The normalized spacial score (nSPS) is 11.4. The molecule has 21 heavy (non-hydrogen) atoms. The van der Waals surface area contributed by atoms with Gasteiger partial charge >= 0.3 is 138 Å². The Labute approximate surface area is 137 Å². The van der Waals surface area contributed by atoms with E-state index in [1.54, 1.807) is 6.54 Å². The SMILES string of the molecule is CCCC/C=[CH]/[Bi]([c]1ccc(C)cc1)[c]1ccc(C)cc1. The molecule has 2 aromatic carbocycles. The van der Waals surface area contributed by atoms with E-state index in [1.165, 1.54) is 30.4 Å². The fourth-order valence-electron chi connectivity index (χ4n) is 2.23. The van der Waals surface area contributed by atoms with E-state index in [0.717, 1.165) is 0 Å². The molecule has 0 saturated heterocycles. The molecule has 0 bridgehead atoms. The van der Waals surface area contributed by atoms with E-state index in [4.69, 9.17) is 0 Å². The van der Waals surface area contributed by atoms with Crippen molar-refractivity contribution in [2.24, 2.45) is 0 Å². The fourth-order valence-corrected chi connectivity index (χ4v) is 9.79. The molecular formula is C20H25Bi. The first-order chi connectivity index (χ1) is 10.2. The molecule has 0 aliphatic rings. The molecule has 0 nitrogen and oxygen atoms in total. The Kier molecular flexibility index (Phi) is 6.65. The second kappa shape index (κ2) is 8.49. The summed E-state index contributed by atoms with van der Waals surface area (Å²) in [5.41, 5.74) is 2.70. The number of unbranched alkanes of at least 4 members (excludes halogenated alkanes) is 2. The third-order valence-electron chi connectivity index (χ3n) is 3.60. The van der Waals surface area contributed by atoms with Gasteiger partial charge in [-0.1, -0.05) is 0 Å². The van der Waals surface area contributed by atoms with Gasteiger partial charge in [-0.15, -0.1) is 0 Å². The van der Waals surface area contributed by atoms with E-state index < -0.39 is 21.8 Å². The molecule has 0 atom stereocenters. The number of hydrogen-bond acceptors (Lipinski definition) is 0. The first-order valence-electron chi connectivity index (χ1n) is 7.80. The van der Waals surface area contributed by atoms with Gasteiger partial charge < -0.3 is 0 Å². The second-order valence-corrected chi connectivity index (χ2v) is 13.6. The molecule has 2 rings (SSSR count). The molecular weight excluding hydrogens is 449 g/mol. The minimum absolute atomic E-state index is 1.22. The minimum atomic E-state index is -1.95. The first-order valence-corrected chi connectivity index (χ1v) is 13.3. The van der Waals surface area contributed by atoms with Gasteiger partial charge in [0.1, 0.15) is 0 Å². The van der Waals surface area contributed by atoms with Crippen LogP contribution in [0.3, 0.4) is 0 Å². The molecule has 0 spiro atoms. The number of aryl methyl sites for hydroxylation is 2. The van der Waals surface area contributed by atoms with Crippen molar-refractivity contribution in [3.63, 3.8) is 0 Å². The Hall–Kier alpha value is -0.937. The van der Waals surface area contributed by atoms with Crippen molar-refractivity contribution < 1.29 is 0 Å². The van der Waals surface area contributed by atoms with Gasteiger partial charge in [0, 0.05) is 0 Å². The van der Waals surface area contributed by atoms with E-state index >= 15 is 0 Å². The second-order valence-electron chi connectivity index (χ2n) is 5.57. The molecule has 0 fully saturated rings. The zero-order chi connectivity index (χ0) is 15.1. The maximum atomic E-state index is 2.57. The van der Waals surface area contributed by atoms with Crippen molar-refractivity contribution in [2.75, 3.05) is 0 Å². The van der Waals surface area contributed by atoms with Crippen molar-refractivity contribution >= 4 is 28.3 Å². The average molecular weight is 474 g/mol. The third-order valence-corrected chi connectivity index (χ3v) is 12.2. The maximum absolute atomic E-state index is 2.57. The van der Waals surface area contributed by atoms with E-state index in [1.807, 2.05) is 0 Å². The van der Waals surface area contributed by atoms with Gasteiger partial charge in [0.05, 0.1) is 0 Å². The summed E-state index contributed by atoms with van der Waals surface area (Å²) >= 11 is -1.95. The van der Waals surface area contributed by atoms with Crippen LogP contribution in [0.15, 0.2) is 58.4 Å².